The standard InChI is InChI=1S/C18H29N3O3/c19-14-18(3-7-24-8-4-18)17(23)21-11-15(9-16(12-21)13-22)10-20-5-1-2-6-20/h15-16,22H,1-13H2/t15-,16-/m1/s1. The van der Waals surface area contributed by atoms with Crippen molar-refractivity contribution < 1.29 is 14.6 Å². The number of amides is 1. The molecule has 134 valence electrons. The van der Waals surface area contributed by atoms with E-state index in [1.807, 2.05) is 4.90 Å². The average Bonchev–Trinajstić information content (AvgIpc) is 3.14. The number of carbonyl (C=O) groups excluding carboxylic acids is 1. The summed E-state index contributed by atoms with van der Waals surface area (Å²) in [4.78, 5) is 17.4. The van der Waals surface area contributed by atoms with Crippen LogP contribution in [0.25, 0.3) is 0 Å². The van der Waals surface area contributed by atoms with Gasteiger partial charge in [-0.1, -0.05) is 0 Å². The van der Waals surface area contributed by atoms with Gasteiger partial charge in [0.2, 0.25) is 5.91 Å². The van der Waals surface area contributed by atoms with Gasteiger partial charge in [-0.2, -0.15) is 5.26 Å². The van der Waals surface area contributed by atoms with Crippen LogP contribution in [0.2, 0.25) is 0 Å². The van der Waals surface area contributed by atoms with Crippen molar-refractivity contribution in [3.8, 4) is 6.07 Å². The number of hydrogen-bond donors (Lipinski definition) is 1. The van der Waals surface area contributed by atoms with E-state index in [2.05, 4.69) is 11.0 Å². The van der Waals surface area contributed by atoms with E-state index >= 15 is 0 Å². The maximum absolute atomic E-state index is 13.1. The molecule has 3 aliphatic rings. The van der Waals surface area contributed by atoms with Crippen LogP contribution < -0.4 is 0 Å². The van der Waals surface area contributed by atoms with Crippen molar-refractivity contribution in [2.45, 2.75) is 32.1 Å². The monoisotopic (exact) mass is 335 g/mol. The van der Waals surface area contributed by atoms with Crippen molar-refractivity contribution in [1.29, 1.82) is 5.26 Å². The molecule has 0 bridgehead atoms. The van der Waals surface area contributed by atoms with Gasteiger partial charge in [0.1, 0.15) is 5.41 Å². The molecular weight excluding hydrogens is 306 g/mol. The Morgan fingerprint density at radius 2 is 1.88 bits per heavy atom. The predicted octanol–water partition coefficient (Wildman–Crippen LogP) is 0.860. The number of rotatable bonds is 4. The molecule has 0 aromatic heterocycles. The lowest BCUT2D eigenvalue weighted by Crippen LogP contribution is -2.53. The van der Waals surface area contributed by atoms with Crippen LogP contribution in [0.4, 0.5) is 0 Å². The van der Waals surface area contributed by atoms with Gasteiger partial charge in [0, 0.05) is 39.5 Å². The fraction of sp³-hybridized carbons (Fsp3) is 0.889. The second-order valence-electron chi connectivity index (χ2n) is 7.67. The molecule has 1 N–H and O–H groups in total. The van der Waals surface area contributed by atoms with E-state index in [0.717, 1.165) is 32.6 Å². The van der Waals surface area contributed by atoms with Crippen molar-refractivity contribution in [3.05, 3.63) is 0 Å². The first-order valence-electron chi connectivity index (χ1n) is 9.28. The first-order valence-corrected chi connectivity index (χ1v) is 9.28. The lowest BCUT2D eigenvalue weighted by Gasteiger charge is -2.42. The zero-order chi connectivity index (χ0) is 17.0. The third kappa shape index (κ3) is 3.74. The second kappa shape index (κ2) is 7.81. The molecule has 3 aliphatic heterocycles. The molecule has 0 saturated carbocycles. The minimum atomic E-state index is -0.923. The van der Waals surface area contributed by atoms with Gasteiger partial charge in [0.25, 0.3) is 0 Å². The van der Waals surface area contributed by atoms with Crippen LogP contribution in [0.15, 0.2) is 0 Å². The Bertz CT molecular complexity index is 478. The molecule has 0 aliphatic carbocycles. The Morgan fingerprint density at radius 3 is 2.50 bits per heavy atom. The molecule has 3 rings (SSSR count). The van der Waals surface area contributed by atoms with Gasteiger partial charge in [0.15, 0.2) is 0 Å². The Morgan fingerprint density at radius 1 is 1.21 bits per heavy atom. The van der Waals surface area contributed by atoms with Crippen molar-refractivity contribution in [2.75, 3.05) is 52.5 Å². The molecule has 0 aromatic rings. The largest absolute Gasteiger partial charge is 0.396 e. The molecule has 0 aromatic carbocycles. The number of aliphatic hydroxyl groups is 1. The number of piperidine rings is 1. The summed E-state index contributed by atoms with van der Waals surface area (Å²) in [5, 5.41) is 19.3. The van der Waals surface area contributed by atoms with Gasteiger partial charge >= 0.3 is 0 Å². The molecule has 6 heteroatoms. The Hall–Kier alpha value is -1.16. The highest BCUT2D eigenvalue weighted by molar-refractivity contribution is 5.85. The summed E-state index contributed by atoms with van der Waals surface area (Å²) in [5.41, 5.74) is -0.923. The summed E-state index contributed by atoms with van der Waals surface area (Å²) in [6, 6.07) is 2.29. The molecule has 1 amide bonds. The van der Waals surface area contributed by atoms with Crippen LogP contribution in [-0.4, -0.2) is 73.4 Å². The van der Waals surface area contributed by atoms with E-state index in [1.54, 1.807) is 0 Å². The van der Waals surface area contributed by atoms with Crippen LogP contribution in [-0.2, 0) is 9.53 Å². The molecule has 0 unspecified atom stereocenters. The Balaban J connectivity index is 1.68. The van der Waals surface area contributed by atoms with Crippen LogP contribution >= 0.6 is 0 Å². The van der Waals surface area contributed by atoms with Gasteiger partial charge in [-0.25, -0.2) is 0 Å². The number of nitriles is 1. The molecule has 6 nitrogen and oxygen atoms in total. The number of carbonyl (C=O) groups is 1. The topological polar surface area (TPSA) is 76.8 Å². The quantitative estimate of drug-likeness (QED) is 0.824. The highest BCUT2D eigenvalue weighted by atomic mass is 16.5. The SMILES string of the molecule is N#CC1(C(=O)N2C[C@H](CO)C[C@H](CN3CCCC3)C2)CCOCC1. The summed E-state index contributed by atoms with van der Waals surface area (Å²) in [7, 11) is 0. The van der Waals surface area contributed by atoms with Gasteiger partial charge in [0.05, 0.1) is 6.07 Å². The highest BCUT2D eigenvalue weighted by Gasteiger charge is 2.45. The maximum Gasteiger partial charge on any atom is 0.243 e. The van der Waals surface area contributed by atoms with E-state index in [-0.39, 0.29) is 18.4 Å². The highest BCUT2D eigenvalue weighted by Crippen LogP contribution is 2.34. The molecule has 3 saturated heterocycles. The van der Waals surface area contributed by atoms with Crippen molar-refractivity contribution >= 4 is 5.91 Å². The lowest BCUT2D eigenvalue weighted by molar-refractivity contribution is -0.147. The summed E-state index contributed by atoms with van der Waals surface area (Å²) in [6.45, 7) is 5.67. The zero-order valence-corrected chi connectivity index (χ0v) is 14.5. The van der Waals surface area contributed by atoms with Crippen LogP contribution in [0.3, 0.4) is 0 Å². The number of ether oxygens (including phenoxy) is 1. The number of aliphatic hydroxyl groups excluding tert-OH is 1. The van der Waals surface area contributed by atoms with Gasteiger partial charge in [-0.3, -0.25) is 4.79 Å². The molecule has 0 radical (unpaired) electrons. The van der Waals surface area contributed by atoms with Gasteiger partial charge in [-0.05, 0) is 57.0 Å². The van der Waals surface area contributed by atoms with Crippen LogP contribution in [0.5, 0.6) is 0 Å². The summed E-state index contributed by atoms with van der Waals surface area (Å²) < 4.78 is 5.35. The average molecular weight is 335 g/mol. The minimum Gasteiger partial charge on any atom is -0.396 e. The molecular formula is C18H29N3O3. The number of likely N-dealkylation sites (tertiary alicyclic amines) is 2. The molecule has 2 atom stereocenters. The van der Waals surface area contributed by atoms with Crippen LogP contribution in [0, 0.1) is 28.6 Å². The Labute approximate surface area is 144 Å². The van der Waals surface area contributed by atoms with E-state index < -0.39 is 5.41 Å². The number of nitrogens with zero attached hydrogens (tertiary/aromatic N) is 3. The smallest absolute Gasteiger partial charge is 0.243 e. The van der Waals surface area contributed by atoms with Gasteiger partial charge < -0.3 is 19.6 Å². The first kappa shape index (κ1) is 17.7. The normalized spacial score (nSPS) is 30.9. The second-order valence-corrected chi connectivity index (χ2v) is 7.67. The fourth-order valence-corrected chi connectivity index (χ4v) is 4.48. The summed E-state index contributed by atoms with van der Waals surface area (Å²) >= 11 is 0. The molecule has 24 heavy (non-hydrogen) atoms. The molecule has 0 spiro atoms. The Kier molecular flexibility index (Phi) is 5.75. The molecule has 3 heterocycles. The number of hydrogen-bond acceptors (Lipinski definition) is 5. The van der Waals surface area contributed by atoms with Crippen molar-refractivity contribution in [1.82, 2.24) is 9.80 Å². The maximum atomic E-state index is 13.1. The fourth-order valence-electron chi connectivity index (χ4n) is 4.48. The summed E-state index contributed by atoms with van der Waals surface area (Å²) in [6.07, 6.45) is 4.46. The predicted molar refractivity (Wildman–Crippen MR) is 89.0 cm³/mol. The lowest BCUT2D eigenvalue weighted by atomic mass is 9.79. The van der Waals surface area contributed by atoms with Crippen LogP contribution in [0.1, 0.15) is 32.1 Å². The zero-order valence-electron chi connectivity index (χ0n) is 14.5. The van der Waals surface area contributed by atoms with Gasteiger partial charge in [-0.15, -0.1) is 0 Å². The summed E-state index contributed by atoms with van der Waals surface area (Å²) in [5.74, 6) is 0.484. The third-order valence-corrected chi connectivity index (χ3v) is 5.85. The van der Waals surface area contributed by atoms with E-state index in [9.17, 15) is 15.2 Å². The molecule has 3 fully saturated rings. The third-order valence-electron chi connectivity index (χ3n) is 5.85. The van der Waals surface area contributed by atoms with Crippen molar-refractivity contribution in [2.24, 2.45) is 17.3 Å². The van der Waals surface area contributed by atoms with Crippen molar-refractivity contribution in [3.63, 3.8) is 0 Å². The van der Waals surface area contributed by atoms with E-state index in [0.29, 0.717) is 38.5 Å². The van der Waals surface area contributed by atoms with E-state index in [4.69, 9.17) is 4.74 Å². The minimum absolute atomic E-state index is 0.0436. The van der Waals surface area contributed by atoms with E-state index in [1.165, 1.54) is 12.8 Å². The first-order chi connectivity index (χ1) is 11.7.